The Morgan fingerprint density at radius 1 is 1.52 bits per heavy atom. The molecule has 0 radical (unpaired) electrons. The summed E-state index contributed by atoms with van der Waals surface area (Å²) in [6.45, 7) is 7.06. The standard InChI is InChI=1S/C14H19N3O3S/c1-9(2)20-5-4-17-13-11(6-10(3)7-15-13)16-14(17)21-8-12(18)19/h6-7,9H,4-5,8H2,1-3H3,(H,18,19). The highest BCUT2D eigenvalue weighted by Gasteiger charge is 2.14. The molecule has 0 atom stereocenters. The van der Waals surface area contributed by atoms with E-state index in [-0.39, 0.29) is 11.9 Å². The van der Waals surface area contributed by atoms with E-state index in [4.69, 9.17) is 9.84 Å². The largest absolute Gasteiger partial charge is 0.481 e. The molecule has 2 aromatic heterocycles. The predicted molar refractivity (Wildman–Crippen MR) is 81.7 cm³/mol. The van der Waals surface area contributed by atoms with Crippen LogP contribution < -0.4 is 0 Å². The van der Waals surface area contributed by atoms with Crippen molar-refractivity contribution in [2.45, 2.75) is 38.6 Å². The van der Waals surface area contributed by atoms with Crippen LogP contribution in [0.5, 0.6) is 0 Å². The van der Waals surface area contributed by atoms with E-state index in [1.165, 1.54) is 11.8 Å². The molecule has 0 aromatic carbocycles. The number of carboxylic acid groups (broad SMARTS) is 1. The maximum Gasteiger partial charge on any atom is 0.313 e. The number of pyridine rings is 1. The van der Waals surface area contributed by atoms with Crippen LogP contribution in [0.15, 0.2) is 17.4 Å². The molecule has 0 saturated carbocycles. The molecule has 2 heterocycles. The van der Waals surface area contributed by atoms with Gasteiger partial charge in [-0.1, -0.05) is 11.8 Å². The summed E-state index contributed by atoms with van der Waals surface area (Å²) >= 11 is 1.20. The fourth-order valence-corrected chi connectivity index (χ4v) is 2.66. The molecule has 2 rings (SSSR count). The number of aromatic nitrogens is 3. The van der Waals surface area contributed by atoms with Crippen LogP contribution in [-0.2, 0) is 16.1 Å². The van der Waals surface area contributed by atoms with Gasteiger partial charge >= 0.3 is 5.97 Å². The van der Waals surface area contributed by atoms with Crippen LogP contribution in [0.3, 0.4) is 0 Å². The second-order valence-electron chi connectivity index (χ2n) is 5.00. The Labute approximate surface area is 127 Å². The summed E-state index contributed by atoms with van der Waals surface area (Å²) in [7, 11) is 0. The van der Waals surface area contributed by atoms with Crippen molar-refractivity contribution in [2.75, 3.05) is 12.4 Å². The average Bonchev–Trinajstić information content (AvgIpc) is 2.73. The topological polar surface area (TPSA) is 77.2 Å². The zero-order chi connectivity index (χ0) is 15.4. The quantitative estimate of drug-likeness (QED) is 0.791. The van der Waals surface area contributed by atoms with E-state index in [1.54, 1.807) is 6.20 Å². The van der Waals surface area contributed by atoms with E-state index in [1.807, 2.05) is 31.4 Å². The molecule has 0 saturated heterocycles. The predicted octanol–water partition coefficient (Wildman–Crippen LogP) is 2.34. The van der Waals surface area contributed by atoms with Crippen molar-refractivity contribution in [1.82, 2.24) is 14.5 Å². The summed E-state index contributed by atoms with van der Waals surface area (Å²) in [5, 5.41) is 9.50. The number of fused-ring (bicyclic) bond motifs is 1. The molecule has 0 fully saturated rings. The van der Waals surface area contributed by atoms with Crippen LogP contribution in [0.25, 0.3) is 11.2 Å². The Morgan fingerprint density at radius 2 is 2.29 bits per heavy atom. The number of aryl methyl sites for hydroxylation is 1. The van der Waals surface area contributed by atoms with E-state index in [2.05, 4.69) is 9.97 Å². The van der Waals surface area contributed by atoms with Gasteiger partial charge in [-0.25, -0.2) is 9.97 Å². The fraction of sp³-hybridized carbons (Fsp3) is 0.500. The molecule has 0 amide bonds. The SMILES string of the molecule is Cc1cnc2c(c1)nc(SCC(=O)O)n2CCOC(C)C. The lowest BCUT2D eigenvalue weighted by Gasteiger charge is -2.10. The van der Waals surface area contributed by atoms with Gasteiger partial charge in [-0.15, -0.1) is 0 Å². The molecule has 1 N–H and O–H groups in total. The van der Waals surface area contributed by atoms with Crippen LogP contribution in [0.2, 0.25) is 0 Å². The van der Waals surface area contributed by atoms with E-state index in [0.29, 0.717) is 18.3 Å². The van der Waals surface area contributed by atoms with Gasteiger partial charge in [-0.2, -0.15) is 0 Å². The van der Waals surface area contributed by atoms with Crippen LogP contribution in [-0.4, -0.2) is 44.1 Å². The highest BCUT2D eigenvalue weighted by molar-refractivity contribution is 7.99. The molecule has 114 valence electrons. The number of thioether (sulfide) groups is 1. The Bertz CT molecular complexity index is 640. The average molecular weight is 309 g/mol. The molecule has 0 aliphatic rings. The maximum absolute atomic E-state index is 10.8. The highest BCUT2D eigenvalue weighted by Crippen LogP contribution is 2.23. The number of imidazole rings is 1. The van der Waals surface area contributed by atoms with Crippen molar-refractivity contribution in [2.24, 2.45) is 0 Å². The first-order valence-electron chi connectivity index (χ1n) is 6.76. The molecular formula is C14H19N3O3S. The number of carbonyl (C=O) groups is 1. The summed E-state index contributed by atoms with van der Waals surface area (Å²) in [6.07, 6.45) is 1.94. The summed E-state index contributed by atoms with van der Waals surface area (Å²) in [6, 6.07) is 1.95. The Balaban J connectivity index is 2.27. The minimum Gasteiger partial charge on any atom is -0.481 e. The van der Waals surface area contributed by atoms with Gasteiger partial charge in [0.25, 0.3) is 0 Å². The van der Waals surface area contributed by atoms with Crippen molar-refractivity contribution in [3.63, 3.8) is 0 Å². The first-order chi connectivity index (χ1) is 9.97. The van der Waals surface area contributed by atoms with Crippen LogP contribution in [0.4, 0.5) is 0 Å². The number of carboxylic acids is 1. The number of rotatable bonds is 7. The molecule has 0 aliphatic heterocycles. The summed E-state index contributed by atoms with van der Waals surface area (Å²) in [5.74, 6) is -0.881. The van der Waals surface area contributed by atoms with Crippen molar-refractivity contribution in [3.8, 4) is 0 Å². The number of hydrogen-bond donors (Lipinski definition) is 1. The van der Waals surface area contributed by atoms with Gasteiger partial charge in [0, 0.05) is 6.20 Å². The van der Waals surface area contributed by atoms with Gasteiger partial charge in [0.15, 0.2) is 10.8 Å². The third kappa shape index (κ3) is 4.18. The number of aliphatic carboxylic acids is 1. The zero-order valence-corrected chi connectivity index (χ0v) is 13.2. The molecule has 21 heavy (non-hydrogen) atoms. The zero-order valence-electron chi connectivity index (χ0n) is 12.4. The first-order valence-corrected chi connectivity index (χ1v) is 7.75. The first kappa shape index (κ1) is 15.8. The highest BCUT2D eigenvalue weighted by atomic mass is 32.2. The molecule has 0 bridgehead atoms. The Morgan fingerprint density at radius 3 is 2.95 bits per heavy atom. The van der Waals surface area contributed by atoms with Crippen molar-refractivity contribution >= 4 is 28.9 Å². The fourth-order valence-electron chi connectivity index (χ4n) is 1.91. The number of hydrogen-bond acceptors (Lipinski definition) is 5. The third-order valence-electron chi connectivity index (χ3n) is 2.78. The summed E-state index contributed by atoms with van der Waals surface area (Å²) in [4.78, 5) is 19.7. The van der Waals surface area contributed by atoms with Gasteiger partial charge < -0.3 is 14.4 Å². The second kappa shape index (κ2) is 6.91. The lowest BCUT2D eigenvalue weighted by molar-refractivity contribution is -0.133. The summed E-state index contributed by atoms with van der Waals surface area (Å²) < 4.78 is 7.49. The normalized spacial score (nSPS) is 11.4. The molecule has 2 aromatic rings. The molecule has 6 nitrogen and oxygen atoms in total. The van der Waals surface area contributed by atoms with Gasteiger partial charge in [0.2, 0.25) is 0 Å². The van der Waals surface area contributed by atoms with Crippen molar-refractivity contribution < 1.29 is 14.6 Å². The van der Waals surface area contributed by atoms with E-state index >= 15 is 0 Å². The number of ether oxygens (including phenoxy) is 1. The molecule has 0 unspecified atom stereocenters. The lowest BCUT2D eigenvalue weighted by atomic mass is 10.3. The van der Waals surface area contributed by atoms with Crippen LogP contribution in [0.1, 0.15) is 19.4 Å². The maximum atomic E-state index is 10.8. The van der Waals surface area contributed by atoms with E-state index < -0.39 is 5.97 Å². The van der Waals surface area contributed by atoms with Gasteiger partial charge in [0.05, 0.1) is 25.0 Å². The molecule has 0 spiro atoms. The van der Waals surface area contributed by atoms with E-state index in [0.717, 1.165) is 16.7 Å². The molecule has 0 aliphatic carbocycles. The van der Waals surface area contributed by atoms with Gasteiger partial charge in [0.1, 0.15) is 5.52 Å². The Hall–Kier alpha value is -1.60. The van der Waals surface area contributed by atoms with Crippen LogP contribution in [0, 0.1) is 6.92 Å². The number of nitrogens with zero attached hydrogens (tertiary/aromatic N) is 3. The molecule has 7 heteroatoms. The molecular weight excluding hydrogens is 290 g/mol. The minimum atomic E-state index is -0.860. The minimum absolute atomic E-state index is 0.0205. The van der Waals surface area contributed by atoms with Gasteiger partial charge in [-0.3, -0.25) is 4.79 Å². The lowest BCUT2D eigenvalue weighted by Crippen LogP contribution is -2.12. The third-order valence-corrected chi connectivity index (χ3v) is 3.74. The second-order valence-corrected chi connectivity index (χ2v) is 5.95. The van der Waals surface area contributed by atoms with Crippen molar-refractivity contribution in [1.29, 1.82) is 0 Å². The summed E-state index contributed by atoms with van der Waals surface area (Å²) in [5.41, 5.74) is 2.58. The van der Waals surface area contributed by atoms with Crippen molar-refractivity contribution in [3.05, 3.63) is 17.8 Å². The van der Waals surface area contributed by atoms with Crippen LogP contribution >= 0.6 is 11.8 Å². The smallest absolute Gasteiger partial charge is 0.313 e. The monoisotopic (exact) mass is 309 g/mol. The van der Waals surface area contributed by atoms with E-state index in [9.17, 15) is 4.79 Å². The Kier molecular flexibility index (Phi) is 5.19. The van der Waals surface area contributed by atoms with Gasteiger partial charge in [-0.05, 0) is 32.4 Å².